The van der Waals surface area contributed by atoms with Crippen LogP contribution in [-0.2, 0) is 11.3 Å². The number of carbonyl (C=O) groups is 2. The Kier molecular flexibility index (Phi) is 5.90. The maximum atomic E-state index is 12.8. The summed E-state index contributed by atoms with van der Waals surface area (Å²) < 4.78 is 2.45. The third-order valence-corrected chi connectivity index (χ3v) is 9.23. The van der Waals surface area contributed by atoms with Gasteiger partial charge in [-0.3, -0.25) is 9.69 Å². The summed E-state index contributed by atoms with van der Waals surface area (Å²) in [5, 5.41) is 11.0. The molecule has 1 aromatic heterocycles. The largest absolute Gasteiger partial charge is 0.478 e. The normalized spacial score (nSPS) is 23.8. The molecule has 1 saturated heterocycles. The molecule has 0 unspecified atom stereocenters. The van der Waals surface area contributed by atoms with Crippen LogP contribution >= 0.6 is 0 Å². The average molecular weight is 500 g/mol. The zero-order valence-corrected chi connectivity index (χ0v) is 22.2. The SMILES string of the molecule is CN(C)C(=O)CN1CC[C@@]2(C)Cn3c(c(C4CCCCC4)c4ccc(C(=O)O)cc43)-c3ccccc3[C@H]12. The fraction of sp³-hybridized carbons (Fsp3) is 0.484. The maximum Gasteiger partial charge on any atom is 0.335 e. The van der Waals surface area contributed by atoms with Crippen molar-refractivity contribution in [3.8, 4) is 11.3 Å². The van der Waals surface area contributed by atoms with E-state index >= 15 is 0 Å². The summed E-state index contributed by atoms with van der Waals surface area (Å²) in [4.78, 5) is 28.8. The molecule has 0 spiro atoms. The van der Waals surface area contributed by atoms with E-state index in [4.69, 9.17) is 0 Å². The van der Waals surface area contributed by atoms with Gasteiger partial charge in [0, 0.05) is 48.6 Å². The van der Waals surface area contributed by atoms with Crippen molar-refractivity contribution in [2.45, 2.75) is 64.0 Å². The number of benzene rings is 2. The number of aromatic carboxylic acids is 1. The molecule has 6 rings (SSSR count). The zero-order chi connectivity index (χ0) is 25.9. The van der Waals surface area contributed by atoms with Crippen LogP contribution in [0.3, 0.4) is 0 Å². The summed E-state index contributed by atoms with van der Waals surface area (Å²) in [5.41, 5.74) is 6.51. The second-order valence-electron chi connectivity index (χ2n) is 11.9. The monoisotopic (exact) mass is 499 g/mol. The van der Waals surface area contributed by atoms with Gasteiger partial charge < -0.3 is 14.6 Å². The number of hydrogen-bond donors (Lipinski definition) is 1. The van der Waals surface area contributed by atoms with Crippen LogP contribution in [-0.4, -0.2) is 58.5 Å². The predicted molar refractivity (Wildman–Crippen MR) is 146 cm³/mol. The summed E-state index contributed by atoms with van der Waals surface area (Å²) in [6.45, 7) is 4.45. The quantitative estimate of drug-likeness (QED) is 0.485. The minimum absolute atomic E-state index is 0.0804. The lowest BCUT2D eigenvalue weighted by atomic mass is 9.77. The van der Waals surface area contributed by atoms with Gasteiger partial charge in [0.15, 0.2) is 0 Å². The molecule has 3 aromatic rings. The van der Waals surface area contributed by atoms with Crippen molar-refractivity contribution in [3.63, 3.8) is 0 Å². The van der Waals surface area contributed by atoms with Crippen LogP contribution in [0, 0.1) is 5.41 Å². The Bertz CT molecular complexity index is 1380. The van der Waals surface area contributed by atoms with Crippen LogP contribution in [0.15, 0.2) is 42.5 Å². The van der Waals surface area contributed by atoms with Crippen molar-refractivity contribution in [1.82, 2.24) is 14.4 Å². The zero-order valence-electron chi connectivity index (χ0n) is 22.2. The van der Waals surface area contributed by atoms with Crippen LogP contribution in [0.25, 0.3) is 22.2 Å². The lowest BCUT2D eigenvalue weighted by molar-refractivity contribution is -0.130. The van der Waals surface area contributed by atoms with Crippen LogP contribution in [0.4, 0.5) is 0 Å². The van der Waals surface area contributed by atoms with E-state index in [1.54, 1.807) is 11.0 Å². The summed E-state index contributed by atoms with van der Waals surface area (Å²) >= 11 is 0. The van der Waals surface area contributed by atoms with Crippen LogP contribution in [0.5, 0.6) is 0 Å². The van der Waals surface area contributed by atoms with Gasteiger partial charge in [0.05, 0.1) is 17.8 Å². The number of likely N-dealkylation sites (N-methyl/N-ethyl adjacent to an activating group) is 1. The Balaban J connectivity index is 1.61. The van der Waals surface area contributed by atoms with Crippen LogP contribution in [0.1, 0.15) is 78.9 Å². The van der Waals surface area contributed by atoms with E-state index in [9.17, 15) is 14.7 Å². The second kappa shape index (κ2) is 9.02. The Hall–Kier alpha value is -3.12. The van der Waals surface area contributed by atoms with E-state index < -0.39 is 5.97 Å². The highest BCUT2D eigenvalue weighted by Gasteiger charge is 2.49. The third-order valence-electron chi connectivity index (χ3n) is 9.23. The van der Waals surface area contributed by atoms with Crippen LogP contribution < -0.4 is 0 Å². The van der Waals surface area contributed by atoms with Gasteiger partial charge in [0.25, 0.3) is 0 Å². The maximum absolute atomic E-state index is 12.8. The van der Waals surface area contributed by atoms with Gasteiger partial charge in [0.2, 0.25) is 5.91 Å². The number of carbonyl (C=O) groups excluding carboxylic acids is 1. The number of carboxylic acid groups (broad SMARTS) is 1. The van der Waals surface area contributed by atoms with Gasteiger partial charge >= 0.3 is 5.97 Å². The first kappa shape index (κ1) is 24.2. The molecule has 2 aliphatic heterocycles. The van der Waals surface area contributed by atoms with E-state index in [-0.39, 0.29) is 17.4 Å². The first-order valence-corrected chi connectivity index (χ1v) is 13.7. The molecule has 3 aliphatic rings. The lowest BCUT2D eigenvalue weighted by Gasteiger charge is -2.35. The van der Waals surface area contributed by atoms with E-state index in [1.165, 1.54) is 59.9 Å². The highest BCUT2D eigenvalue weighted by Crippen LogP contribution is 2.56. The molecule has 6 heteroatoms. The smallest absolute Gasteiger partial charge is 0.335 e. The van der Waals surface area contributed by atoms with Gasteiger partial charge in [-0.15, -0.1) is 0 Å². The van der Waals surface area contributed by atoms with Gasteiger partial charge in [-0.25, -0.2) is 4.79 Å². The minimum Gasteiger partial charge on any atom is -0.478 e. The molecule has 6 nitrogen and oxygen atoms in total. The average Bonchev–Trinajstić information content (AvgIpc) is 3.34. The summed E-state index contributed by atoms with van der Waals surface area (Å²) in [5.74, 6) is -0.276. The summed E-state index contributed by atoms with van der Waals surface area (Å²) in [6, 6.07) is 14.6. The standard InChI is InChI=1S/C31H37N3O3/c1-31-15-16-33(18-26(35)32(2)3)29(31)23-12-8-7-11-22(23)28-27(20-9-5-4-6-10-20)24-14-13-21(30(36)37)17-25(24)34(28)19-31/h7-8,11-14,17,20,29H,4-6,9-10,15-16,18-19H2,1-3H3,(H,36,37)/t29-,31-/m0/s1. The molecular weight excluding hydrogens is 462 g/mol. The van der Waals surface area contributed by atoms with Crippen molar-refractivity contribution in [3.05, 3.63) is 59.2 Å². The number of likely N-dealkylation sites (tertiary alicyclic amines) is 1. The fourth-order valence-corrected chi connectivity index (χ4v) is 7.41. The highest BCUT2D eigenvalue weighted by molar-refractivity contribution is 5.98. The Labute approximate surface area is 218 Å². The van der Waals surface area contributed by atoms with E-state index in [1.807, 2.05) is 20.2 Å². The molecule has 1 saturated carbocycles. The topological polar surface area (TPSA) is 65.8 Å². The van der Waals surface area contributed by atoms with Gasteiger partial charge in [-0.2, -0.15) is 0 Å². The molecule has 194 valence electrons. The number of fused-ring (bicyclic) bond motifs is 7. The van der Waals surface area contributed by atoms with Crippen molar-refractivity contribution in [2.75, 3.05) is 27.2 Å². The minimum atomic E-state index is -0.885. The molecule has 37 heavy (non-hydrogen) atoms. The van der Waals surface area contributed by atoms with Gasteiger partial charge in [-0.05, 0) is 55.0 Å². The highest BCUT2D eigenvalue weighted by atomic mass is 16.4. The Morgan fingerprint density at radius 3 is 2.57 bits per heavy atom. The molecule has 2 aromatic carbocycles. The fourth-order valence-electron chi connectivity index (χ4n) is 7.41. The number of carboxylic acids is 1. The van der Waals surface area contributed by atoms with Crippen LogP contribution in [0.2, 0.25) is 0 Å². The number of rotatable bonds is 4. The number of nitrogens with zero attached hydrogens (tertiary/aromatic N) is 3. The third kappa shape index (κ3) is 3.88. The summed E-state index contributed by atoms with van der Waals surface area (Å²) in [6.07, 6.45) is 7.12. The molecule has 1 amide bonds. The second-order valence-corrected chi connectivity index (χ2v) is 11.9. The Morgan fingerprint density at radius 2 is 1.84 bits per heavy atom. The number of amides is 1. The molecule has 1 aliphatic carbocycles. The Morgan fingerprint density at radius 1 is 1.08 bits per heavy atom. The van der Waals surface area contributed by atoms with Crippen molar-refractivity contribution >= 4 is 22.8 Å². The number of hydrogen-bond acceptors (Lipinski definition) is 3. The molecule has 3 heterocycles. The number of aromatic nitrogens is 1. The first-order chi connectivity index (χ1) is 17.8. The van der Waals surface area contributed by atoms with Gasteiger partial charge in [0.1, 0.15) is 0 Å². The van der Waals surface area contributed by atoms with Gasteiger partial charge in [-0.1, -0.05) is 56.5 Å². The van der Waals surface area contributed by atoms with Crippen molar-refractivity contribution in [2.24, 2.45) is 5.41 Å². The molecule has 1 N–H and O–H groups in total. The first-order valence-electron chi connectivity index (χ1n) is 13.7. The lowest BCUT2D eigenvalue weighted by Crippen LogP contribution is -2.39. The molecular formula is C31H37N3O3. The predicted octanol–water partition coefficient (Wildman–Crippen LogP) is 5.91. The van der Waals surface area contributed by atoms with Crippen molar-refractivity contribution < 1.29 is 14.7 Å². The molecule has 0 bridgehead atoms. The van der Waals surface area contributed by atoms with E-state index in [2.05, 4.69) is 46.7 Å². The molecule has 0 radical (unpaired) electrons. The van der Waals surface area contributed by atoms with E-state index in [0.717, 1.165) is 25.0 Å². The van der Waals surface area contributed by atoms with Crippen molar-refractivity contribution in [1.29, 1.82) is 0 Å². The summed E-state index contributed by atoms with van der Waals surface area (Å²) in [7, 11) is 3.65. The van der Waals surface area contributed by atoms with E-state index in [0.29, 0.717) is 18.0 Å². The molecule has 2 fully saturated rings. The molecule has 2 atom stereocenters.